The molecule has 0 aliphatic carbocycles. The summed E-state index contributed by atoms with van der Waals surface area (Å²) >= 11 is 0. The van der Waals surface area contributed by atoms with Crippen LogP contribution in [0.15, 0.2) is 35.1 Å². The highest BCUT2D eigenvalue weighted by atomic mass is 16.7. The molecule has 152 valence electrons. The van der Waals surface area contributed by atoms with Gasteiger partial charge in [0.2, 0.25) is 6.79 Å². The van der Waals surface area contributed by atoms with Gasteiger partial charge in [0, 0.05) is 12.1 Å². The fourth-order valence-electron chi connectivity index (χ4n) is 4.05. The number of aryl methyl sites for hydroxylation is 1. The fraction of sp³-hybridized carbons (Fsp3) is 0.348. The van der Waals surface area contributed by atoms with Crippen LogP contribution in [0.25, 0.3) is 22.0 Å². The number of aromatic nitrogens is 1. The SMILES string of the molecule is CC.COc1ccc2cc3n(c(=O)c2c1OC)CCCc1cc2c(cc1-3)OCO2. The van der Waals surface area contributed by atoms with Crippen molar-refractivity contribution in [1.82, 2.24) is 4.57 Å². The van der Waals surface area contributed by atoms with Gasteiger partial charge in [-0.25, -0.2) is 0 Å². The zero-order chi connectivity index (χ0) is 20.5. The van der Waals surface area contributed by atoms with Crippen LogP contribution in [0.2, 0.25) is 0 Å². The van der Waals surface area contributed by atoms with Gasteiger partial charge in [-0.3, -0.25) is 4.79 Å². The van der Waals surface area contributed by atoms with Gasteiger partial charge in [-0.05, 0) is 48.1 Å². The summed E-state index contributed by atoms with van der Waals surface area (Å²) in [6.07, 6.45) is 1.75. The van der Waals surface area contributed by atoms with Crippen molar-refractivity contribution >= 4 is 10.8 Å². The average molecular weight is 395 g/mol. The number of rotatable bonds is 2. The van der Waals surface area contributed by atoms with Crippen molar-refractivity contribution in [1.29, 1.82) is 0 Å². The van der Waals surface area contributed by atoms with Gasteiger partial charge in [0.05, 0.1) is 25.3 Å². The third-order valence-electron chi connectivity index (χ3n) is 5.32. The number of pyridine rings is 1. The first-order valence-electron chi connectivity index (χ1n) is 9.92. The number of benzene rings is 2. The summed E-state index contributed by atoms with van der Waals surface area (Å²) in [6, 6.07) is 9.80. The van der Waals surface area contributed by atoms with E-state index in [2.05, 4.69) is 0 Å². The minimum Gasteiger partial charge on any atom is -0.493 e. The van der Waals surface area contributed by atoms with Gasteiger partial charge >= 0.3 is 0 Å². The zero-order valence-corrected chi connectivity index (χ0v) is 17.2. The number of nitrogens with zero attached hydrogens (tertiary/aromatic N) is 1. The molecule has 2 aromatic carbocycles. The Kier molecular flexibility index (Phi) is 5.09. The molecule has 0 bridgehead atoms. The largest absolute Gasteiger partial charge is 0.493 e. The number of hydrogen-bond acceptors (Lipinski definition) is 5. The molecule has 6 heteroatoms. The van der Waals surface area contributed by atoms with E-state index in [0.29, 0.717) is 23.4 Å². The molecule has 0 spiro atoms. The van der Waals surface area contributed by atoms with E-state index in [9.17, 15) is 4.79 Å². The Morgan fingerprint density at radius 3 is 2.48 bits per heavy atom. The van der Waals surface area contributed by atoms with Crippen LogP contribution in [-0.4, -0.2) is 25.6 Å². The molecule has 2 aliphatic rings. The molecule has 0 radical (unpaired) electrons. The third kappa shape index (κ3) is 2.99. The molecule has 2 aliphatic heterocycles. The van der Waals surface area contributed by atoms with E-state index in [1.807, 2.05) is 48.7 Å². The lowest BCUT2D eigenvalue weighted by atomic mass is 9.99. The van der Waals surface area contributed by atoms with Crippen LogP contribution in [0.1, 0.15) is 25.8 Å². The van der Waals surface area contributed by atoms with Gasteiger partial charge in [0.25, 0.3) is 5.56 Å². The second-order valence-electron chi connectivity index (χ2n) is 6.72. The Bertz CT molecular complexity index is 1130. The average Bonchev–Trinajstić information content (AvgIpc) is 3.14. The van der Waals surface area contributed by atoms with Gasteiger partial charge in [0.1, 0.15) is 0 Å². The Morgan fingerprint density at radius 1 is 1.00 bits per heavy atom. The predicted molar refractivity (Wildman–Crippen MR) is 113 cm³/mol. The van der Waals surface area contributed by atoms with E-state index in [4.69, 9.17) is 18.9 Å². The van der Waals surface area contributed by atoms with E-state index in [-0.39, 0.29) is 12.4 Å². The maximum atomic E-state index is 13.4. The van der Waals surface area contributed by atoms with Crippen molar-refractivity contribution in [3.8, 4) is 34.3 Å². The molecule has 0 fully saturated rings. The van der Waals surface area contributed by atoms with Crippen LogP contribution in [0.3, 0.4) is 0 Å². The monoisotopic (exact) mass is 395 g/mol. The molecule has 0 unspecified atom stereocenters. The Morgan fingerprint density at radius 2 is 1.76 bits per heavy atom. The molecule has 0 amide bonds. The first-order chi connectivity index (χ1) is 14.2. The number of fused-ring (bicyclic) bond motifs is 5. The lowest BCUT2D eigenvalue weighted by molar-refractivity contribution is 0.174. The van der Waals surface area contributed by atoms with Crippen molar-refractivity contribution in [2.24, 2.45) is 0 Å². The molecule has 0 N–H and O–H groups in total. The molecular weight excluding hydrogens is 370 g/mol. The number of ether oxygens (including phenoxy) is 4. The van der Waals surface area contributed by atoms with Gasteiger partial charge in [0.15, 0.2) is 23.0 Å². The minimum absolute atomic E-state index is 0.0660. The van der Waals surface area contributed by atoms with Gasteiger partial charge < -0.3 is 23.5 Å². The summed E-state index contributed by atoms with van der Waals surface area (Å²) in [5.74, 6) is 2.53. The summed E-state index contributed by atoms with van der Waals surface area (Å²) in [5.41, 5.74) is 3.02. The second-order valence-corrected chi connectivity index (χ2v) is 6.72. The van der Waals surface area contributed by atoms with E-state index >= 15 is 0 Å². The lowest BCUT2D eigenvalue weighted by Gasteiger charge is -2.16. The molecule has 3 aromatic rings. The smallest absolute Gasteiger partial charge is 0.262 e. The van der Waals surface area contributed by atoms with Crippen molar-refractivity contribution < 1.29 is 18.9 Å². The molecule has 1 aromatic heterocycles. The summed E-state index contributed by atoms with van der Waals surface area (Å²) in [5, 5.41) is 1.37. The molecule has 0 saturated heterocycles. The summed E-state index contributed by atoms with van der Waals surface area (Å²) in [4.78, 5) is 13.4. The van der Waals surface area contributed by atoms with Crippen LogP contribution >= 0.6 is 0 Å². The van der Waals surface area contributed by atoms with E-state index in [1.54, 1.807) is 14.2 Å². The van der Waals surface area contributed by atoms with Crippen molar-refractivity contribution in [2.45, 2.75) is 33.2 Å². The van der Waals surface area contributed by atoms with Crippen molar-refractivity contribution in [2.75, 3.05) is 21.0 Å². The fourth-order valence-corrected chi connectivity index (χ4v) is 4.05. The molecule has 29 heavy (non-hydrogen) atoms. The number of methoxy groups -OCH3 is 2. The van der Waals surface area contributed by atoms with Crippen molar-refractivity contribution in [3.05, 3.63) is 46.2 Å². The maximum absolute atomic E-state index is 13.4. The first kappa shape index (κ1) is 19.2. The molecule has 0 saturated carbocycles. The van der Waals surface area contributed by atoms with E-state index in [1.165, 1.54) is 5.56 Å². The highest BCUT2D eigenvalue weighted by molar-refractivity contribution is 5.93. The lowest BCUT2D eigenvalue weighted by Crippen LogP contribution is -2.22. The third-order valence-corrected chi connectivity index (χ3v) is 5.32. The highest BCUT2D eigenvalue weighted by Gasteiger charge is 2.24. The Hall–Kier alpha value is -3.15. The topological polar surface area (TPSA) is 58.9 Å². The van der Waals surface area contributed by atoms with E-state index in [0.717, 1.165) is 41.0 Å². The maximum Gasteiger partial charge on any atom is 0.262 e. The second kappa shape index (κ2) is 7.70. The first-order valence-corrected chi connectivity index (χ1v) is 9.92. The summed E-state index contributed by atoms with van der Waals surface area (Å²) < 4.78 is 23.8. The van der Waals surface area contributed by atoms with Gasteiger partial charge in [-0.1, -0.05) is 19.9 Å². The van der Waals surface area contributed by atoms with Crippen LogP contribution < -0.4 is 24.5 Å². The van der Waals surface area contributed by atoms with Gasteiger partial charge in [-0.2, -0.15) is 0 Å². The standard InChI is InChI=1S/C21H19NO5.C2H6/c1-24-16-6-5-13-8-15-14-10-18-17(26-11-27-18)9-12(14)4-3-7-22(15)21(23)19(13)20(16)25-2;1-2/h5-6,8-10H,3-4,7,11H2,1-2H3;1-2H3. The van der Waals surface area contributed by atoms with Crippen molar-refractivity contribution in [3.63, 3.8) is 0 Å². The van der Waals surface area contributed by atoms with Crippen LogP contribution in [0.4, 0.5) is 0 Å². The molecule has 3 heterocycles. The zero-order valence-electron chi connectivity index (χ0n) is 17.2. The molecule has 5 rings (SSSR count). The molecular formula is C23H25NO5. The normalized spacial score (nSPS) is 13.7. The minimum atomic E-state index is -0.0660. The summed E-state index contributed by atoms with van der Waals surface area (Å²) in [7, 11) is 3.13. The van der Waals surface area contributed by atoms with Crippen LogP contribution in [0, 0.1) is 0 Å². The highest BCUT2D eigenvalue weighted by Crippen LogP contribution is 2.41. The molecule has 6 nitrogen and oxygen atoms in total. The Balaban J connectivity index is 0.000000994. The number of hydrogen-bond donors (Lipinski definition) is 0. The summed E-state index contributed by atoms with van der Waals surface area (Å²) in [6.45, 7) is 4.88. The van der Waals surface area contributed by atoms with Gasteiger partial charge in [-0.15, -0.1) is 0 Å². The van der Waals surface area contributed by atoms with Crippen LogP contribution in [-0.2, 0) is 13.0 Å². The predicted octanol–water partition coefficient (Wildman–Crippen LogP) is 4.39. The molecule has 0 atom stereocenters. The van der Waals surface area contributed by atoms with Crippen LogP contribution in [0.5, 0.6) is 23.0 Å². The quantitative estimate of drug-likeness (QED) is 0.644. The Labute approximate surface area is 169 Å². The van der Waals surface area contributed by atoms with E-state index < -0.39 is 0 Å².